The van der Waals surface area contributed by atoms with Crippen molar-refractivity contribution >= 4 is 19.7 Å². The van der Waals surface area contributed by atoms with Gasteiger partial charge < -0.3 is 19.4 Å². The first-order valence-corrected chi connectivity index (χ1v) is 34.9. The number of carbonyl (C=O) groups is 2. The summed E-state index contributed by atoms with van der Waals surface area (Å²) in [6, 6.07) is -0.863. The smallest absolute Gasteiger partial charge is 0.456 e. The first kappa shape index (κ1) is 77.2. The van der Waals surface area contributed by atoms with Crippen LogP contribution in [0.2, 0.25) is 0 Å². The molecule has 0 spiro atoms. The number of nitrogens with zero attached hydrogens (tertiary/aromatic N) is 1. The van der Waals surface area contributed by atoms with Crippen molar-refractivity contribution in [3.05, 3.63) is 85.1 Å². The van der Waals surface area contributed by atoms with Gasteiger partial charge >= 0.3 is 13.8 Å². The van der Waals surface area contributed by atoms with Crippen molar-refractivity contribution in [2.75, 3.05) is 40.9 Å². The van der Waals surface area contributed by atoms with Crippen LogP contribution in [0.4, 0.5) is 0 Å². The van der Waals surface area contributed by atoms with Gasteiger partial charge in [-0.05, 0) is 109 Å². The molecule has 0 heterocycles. The van der Waals surface area contributed by atoms with Crippen LogP contribution in [0.25, 0.3) is 0 Å². The third kappa shape index (κ3) is 59.8. The fraction of sp³-hybridized carbons (Fsp3) is 0.771. The standard InChI is InChI=1S/C70H127N2O7P/c1-7-10-13-16-19-22-25-28-30-32-33-34-35-36-37-38-39-41-42-44-47-50-53-56-59-62-69(73)71-67(66-78-80(75,76)77-65-64-72(4,5)6)68(61-58-55-52-49-46-27-24-21-18-15-12-9-3)79-70(74)63-60-57-54-51-48-45-43-40-31-29-26-23-20-17-14-11-8-2/h19-20,22-23,28-31,33-34,43,45,58,61,67-68H,7-18,21,24-27,32,35-42,44,46-57,59-60,62-66H2,1-6H3,(H-,71,73,75,76)/p+1/b22-19-,23-20-,30-28-,31-29-,34-33-,45-43-,61-58-. The van der Waals surface area contributed by atoms with Crippen LogP contribution in [-0.2, 0) is 27.9 Å². The molecule has 0 aliphatic rings. The van der Waals surface area contributed by atoms with E-state index in [9.17, 15) is 19.0 Å². The maximum absolute atomic E-state index is 13.6. The lowest BCUT2D eigenvalue weighted by Crippen LogP contribution is -2.47. The minimum atomic E-state index is -4.46. The molecule has 0 saturated carbocycles. The molecule has 0 radical (unpaired) electrons. The maximum Gasteiger partial charge on any atom is 0.472 e. The number of hydrogen-bond donors (Lipinski definition) is 2. The summed E-state index contributed by atoms with van der Waals surface area (Å²) in [5.74, 6) is -0.529. The number of ether oxygens (including phenoxy) is 1. The van der Waals surface area contributed by atoms with E-state index in [1.807, 2.05) is 33.3 Å². The number of likely N-dealkylation sites (N-methyl/N-ethyl adjacent to an activating group) is 1. The van der Waals surface area contributed by atoms with Crippen molar-refractivity contribution in [2.24, 2.45) is 0 Å². The number of rotatable bonds is 60. The average Bonchev–Trinajstić information content (AvgIpc) is 3.42. The van der Waals surface area contributed by atoms with E-state index in [1.54, 1.807) is 0 Å². The molecule has 10 heteroatoms. The highest BCUT2D eigenvalue weighted by atomic mass is 31.2. The molecule has 0 fully saturated rings. The van der Waals surface area contributed by atoms with E-state index in [1.165, 1.54) is 167 Å². The lowest BCUT2D eigenvalue weighted by molar-refractivity contribution is -0.870. The fourth-order valence-corrected chi connectivity index (χ4v) is 10.1. The lowest BCUT2D eigenvalue weighted by Gasteiger charge is -2.27. The van der Waals surface area contributed by atoms with E-state index in [-0.39, 0.29) is 31.5 Å². The van der Waals surface area contributed by atoms with Crippen LogP contribution in [-0.4, -0.2) is 74.3 Å². The number of esters is 1. The molecule has 0 rings (SSSR count). The fourth-order valence-electron chi connectivity index (χ4n) is 9.37. The molecule has 0 aliphatic heterocycles. The van der Waals surface area contributed by atoms with E-state index >= 15 is 0 Å². The molecule has 3 atom stereocenters. The molecular weight excluding hydrogens is 1010 g/mol. The van der Waals surface area contributed by atoms with Crippen LogP contribution in [0.1, 0.15) is 297 Å². The van der Waals surface area contributed by atoms with Gasteiger partial charge in [-0.1, -0.05) is 260 Å². The Morgan fingerprint density at radius 2 is 0.762 bits per heavy atom. The molecule has 80 heavy (non-hydrogen) atoms. The van der Waals surface area contributed by atoms with Crippen molar-refractivity contribution in [3.63, 3.8) is 0 Å². The highest BCUT2D eigenvalue weighted by Crippen LogP contribution is 2.43. The van der Waals surface area contributed by atoms with Crippen molar-refractivity contribution in [1.82, 2.24) is 5.32 Å². The highest BCUT2D eigenvalue weighted by Gasteiger charge is 2.30. The summed E-state index contributed by atoms with van der Waals surface area (Å²) >= 11 is 0. The number of allylic oxidation sites excluding steroid dienone is 13. The van der Waals surface area contributed by atoms with Gasteiger partial charge in [0.15, 0.2) is 0 Å². The van der Waals surface area contributed by atoms with E-state index in [2.05, 4.69) is 99.0 Å². The molecule has 2 N–H and O–H groups in total. The topological polar surface area (TPSA) is 111 Å². The van der Waals surface area contributed by atoms with Crippen LogP contribution >= 0.6 is 7.82 Å². The maximum atomic E-state index is 13.6. The molecule has 464 valence electrons. The summed E-state index contributed by atoms with van der Waals surface area (Å²) in [6.07, 6.45) is 78.7. The first-order valence-electron chi connectivity index (χ1n) is 33.4. The second-order valence-corrected chi connectivity index (χ2v) is 25.1. The van der Waals surface area contributed by atoms with Gasteiger partial charge in [0.2, 0.25) is 5.91 Å². The van der Waals surface area contributed by atoms with Gasteiger partial charge in [0, 0.05) is 12.8 Å². The number of unbranched alkanes of at least 4 members (excludes halogenated alkanes) is 32. The van der Waals surface area contributed by atoms with E-state index in [0.717, 1.165) is 89.9 Å². The van der Waals surface area contributed by atoms with Crippen LogP contribution in [0.3, 0.4) is 0 Å². The Morgan fingerprint density at radius 3 is 1.16 bits per heavy atom. The molecular formula is C70H128N2O7P+. The van der Waals surface area contributed by atoms with Crippen LogP contribution in [0, 0.1) is 0 Å². The van der Waals surface area contributed by atoms with E-state index < -0.39 is 20.0 Å². The molecule has 3 unspecified atom stereocenters. The van der Waals surface area contributed by atoms with Gasteiger partial charge in [-0.15, -0.1) is 0 Å². The van der Waals surface area contributed by atoms with Gasteiger partial charge in [-0.25, -0.2) is 4.57 Å². The Hall–Kier alpha value is -2.81. The SMILES string of the molecule is CCCCC/C=C\C/C=C\C/C=C\CCCCCCCCCCCCCCC(=O)NC(COP(=O)(O)OCC[N+](C)(C)C)C(/C=C\CCCCCCCCCCCC)OC(=O)CCCCCC/C=C\C/C=C\C/C=C\CCCCC. The summed E-state index contributed by atoms with van der Waals surface area (Å²) in [4.78, 5) is 37.8. The Balaban J connectivity index is 5.15. The number of quaternary nitrogens is 1. The van der Waals surface area contributed by atoms with Crippen molar-refractivity contribution in [3.8, 4) is 0 Å². The number of phosphoric ester groups is 1. The van der Waals surface area contributed by atoms with Gasteiger partial charge in [-0.2, -0.15) is 0 Å². The summed E-state index contributed by atoms with van der Waals surface area (Å²) in [7, 11) is 1.48. The summed E-state index contributed by atoms with van der Waals surface area (Å²) in [5, 5.41) is 3.06. The molecule has 0 aromatic heterocycles. The molecule has 0 bridgehead atoms. The third-order valence-corrected chi connectivity index (χ3v) is 15.5. The Kier molecular flexibility index (Phi) is 57.3. The highest BCUT2D eigenvalue weighted by molar-refractivity contribution is 7.47. The Morgan fingerprint density at radius 1 is 0.438 bits per heavy atom. The van der Waals surface area contributed by atoms with E-state index in [0.29, 0.717) is 23.9 Å². The number of phosphoric acid groups is 1. The van der Waals surface area contributed by atoms with Crippen molar-refractivity contribution < 1.29 is 37.3 Å². The predicted molar refractivity (Wildman–Crippen MR) is 346 cm³/mol. The molecule has 0 aromatic rings. The van der Waals surface area contributed by atoms with Gasteiger partial charge in [0.1, 0.15) is 19.3 Å². The third-order valence-electron chi connectivity index (χ3n) is 14.6. The van der Waals surface area contributed by atoms with Crippen molar-refractivity contribution in [1.29, 1.82) is 0 Å². The zero-order valence-electron chi connectivity index (χ0n) is 53.1. The van der Waals surface area contributed by atoms with Crippen LogP contribution in [0.5, 0.6) is 0 Å². The second-order valence-electron chi connectivity index (χ2n) is 23.6. The van der Waals surface area contributed by atoms with E-state index in [4.69, 9.17) is 13.8 Å². The number of amides is 1. The average molecular weight is 1140 g/mol. The zero-order chi connectivity index (χ0) is 58.6. The predicted octanol–water partition coefficient (Wildman–Crippen LogP) is 21.0. The van der Waals surface area contributed by atoms with Gasteiger partial charge in [0.05, 0.1) is 33.8 Å². The summed E-state index contributed by atoms with van der Waals surface area (Å²) < 4.78 is 30.7. The van der Waals surface area contributed by atoms with Gasteiger partial charge in [0.25, 0.3) is 0 Å². The molecule has 1 amide bonds. The molecule has 0 aromatic carbocycles. The summed E-state index contributed by atoms with van der Waals surface area (Å²) in [6.45, 7) is 6.95. The zero-order valence-corrected chi connectivity index (χ0v) is 54.0. The van der Waals surface area contributed by atoms with Crippen LogP contribution < -0.4 is 5.32 Å². The molecule has 9 nitrogen and oxygen atoms in total. The Labute approximate surface area is 495 Å². The normalized spacial score (nSPS) is 14.1. The Bertz CT molecular complexity index is 1640. The minimum absolute atomic E-state index is 0.0334. The first-order chi connectivity index (χ1) is 38.9. The number of hydrogen-bond acceptors (Lipinski definition) is 6. The van der Waals surface area contributed by atoms with Gasteiger partial charge in [-0.3, -0.25) is 18.6 Å². The molecule has 0 aliphatic carbocycles. The minimum Gasteiger partial charge on any atom is -0.456 e. The second kappa shape index (κ2) is 59.4. The lowest BCUT2D eigenvalue weighted by atomic mass is 10.0. The molecule has 0 saturated heterocycles. The number of nitrogens with one attached hydrogen (secondary N) is 1. The number of carbonyl (C=O) groups excluding carboxylic acids is 2. The quantitative estimate of drug-likeness (QED) is 0.0205. The largest absolute Gasteiger partial charge is 0.472 e. The monoisotopic (exact) mass is 1140 g/mol. The summed E-state index contributed by atoms with van der Waals surface area (Å²) in [5.41, 5.74) is 0. The van der Waals surface area contributed by atoms with Crippen molar-refractivity contribution in [2.45, 2.75) is 309 Å². The van der Waals surface area contributed by atoms with Crippen LogP contribution in [0.15, 0.2) is 85.1 Å².